The normalized spacial score (nSPS) is 13.8. The predicted molar refractivity (Wildman–Crippen MR) is 89.9 cm³/mol. The topological polar surface area (TPSA) is 52.5 Å². The van der Waals surface area contributed by atoms with Gasteiger partial charge in [-0.05, 0) is 36.1 Å². The minimum absolute atomic E-state index is 0.121. The Kier molecular flexibility index (Phi) is 6.87. The molecule has 0 amide bonds. The second kappa shape index (κ2) is 8.91. The van der Waals surface area contributed by atoms with Crippen LogP contribution in [0.4, 0.5) is 0 Å². The Morgan fingerprint density at radius 1 is 0.955 bits per heavy atom. The summed E-state index contributed by atoms with van der Waals surface area (Å²) in [6.45, 7) is 0.622. The molecule has 2 atom stereocenters. The number of halogens is 1. The van der Waals surface area contributed by atoms with Crippen molar-refractivity contribution < 1.29 is 10.2 Å². The number of nitrogens with one attached hydrogen (secondary N) is 1. The zero-order chi connectivity index (χ0) is 15.8. The molecule has 0 fully saturated rings. The van der Waals surface area contributed by atoms with Crippen LogP contribution in [-0.4, -0.2) is 23.4 Å². The number of aliphatic hydroxyl groups is 2. The average Bonchev–Trinajstić information content (AvgIpc) is 2.56. The minimum Gasteiger partial charge on any atom is -0.396 e. The number of rotatable bonds is 8. The Morgan fingerprint density at radius 3 is 2.27 bits per heavy atom. The van der Waals surface area contributed by atoms with Gasteiger partial charge in [0, 0.05) is 24.2 Å². The molecule has 0 radical (unpaired) electrons. The SMILES string of the molecule is OCCCC(NCC(O)c1ccc(Cl)cc1)c1ccccc1. The summed E-state index contributed by atoms with van der Waals surface area (Å²) in [5.74, 6) is 0. The number of hydrogen-bond donors (Lipinski definition) is 3. The number of aliphatic hydroxyl groups excluding tert-OH is 2. The largest absolute Gasteiger partial charge is 0.396 e. The average molecular weight is 320 g/mol. The third kappa shape index (κ3) is 5.11. The van der Waals surface area contributed by atoms with E-state index in [4.69, 9.17) is 16.7 Å². The molecule has 0 saturated heterocycles. The fourth-order valence-electron chi connectivity index (χ4n) is 2.42. The molecule has 118 valence electrons. The summed E-state index contributed by atoms with van der Waals surface area (Å²) in [5.41, 5.74) is 2.00. The summed E-state index contributed by atoms with van der Waals surface area (Å²) in [4.78, 5) is 0. The molecule has 2 rings (SSSR count). The van der Waals surface area contributed by atoms with Gasteiger partial charge in [-0.1, -0.05) is 54.1 Å². The molecule has 2 aromatic carbocycles. The highest BCUT2D eigenvalue weighted by Gasteiger charge is 2.13. The lowest BCUT2D eigenvalue weighted by Gasteiger charge is -2.21. The Balaban J connectivity index is 1.97. The van der Waals surface area contributed by atoms with Crippen molar-refractivity contribution in [1.82, 2.24) is 5.32 Å². The summed E-state index contributed by atoms with van der Waals surface area (Å²) in [6.07, 6.45) is 0.967. The van der Waals surface area contributed by atoms with Crippen molar-refractivity contribution in [2.75, 3.05) is 13.2 Å². The van der Waals surface area contributed by atoms with Crippen LogP contribution < -0.4 is 5.32 Å². The molecule has 0 aliphatic heterocycles. The lowest BCUT2D eigenvalue weighted by Crippen LogP contribution is -2.26. The predicted octanol–water partition coefficient (Wildman–Crippen LogP) is 3.48. The van der Waals surface area contributed by atoms with Crippen LogP contribution >= 0.6 is 11.6 Å². The molecule has 0 saturated carbocycles. The van der Waals surface area contributed by atoms with Crippen molar-refractivity contribution in [1.29, 1.82) is 0 Å². The first-order valence-electron chi connectivity index (χ1n) is 7.53. The summed E-state index contributed by atoms with van der Waals surface area (Å²) in [7, 11) is 0. The van der Waals surface area contributed by atoms with Crippen LogP contribution in [0.3, 0.4) is 0 Å². The summed E-state index contributed by atoms with van der Waals surface area (Å²) < 4.78 is 0. The van der Waals surface area contributed by atoms with Crippen LogP contribution in [0.5, 0.6) is 0 Å². The van der Waals surface area contributed by atoms with Crippen LogP contribution in [0.25, 0.3) is 0 Å². The van der Waals surface area contributed by atoms with E-state index in [1.165, 1.54) is 5.56 Å². The van der Waals surface area contributed by atoms with Gasteiger partial charge >= 0.3 is 0 Å². The van der Waals surface area contributed by atoms with Gasteiger partial charge in [-0.2, -0.15) is 0 Å². The maximum Gasteiger partial charge on any atom is 0.0914 e. The van der Waals surface area contributed by atoms with E-state index in [0.717, 1.165) is 18.4 Å². The molecule has 3 N–H and O–H groups in total. The fraction of sp³-hybridized carbons (Fsp3) is 0.333. The molecular formula is C18H22ClNO2. The molecule has 0 aromatic heterocycles. The zero-order valence-electron chi connectivity index (χ0n) is 12.5. The van der Waals surface area contributed by atoms with Gasteiger partial charge in [0.1, 0.15) is 0 Å². The lowest BCUT2D eigenvalue weighted by atomic mass is 10.0. The molecule has 0 spiro atoms. The van der Waals surface area contributed by atoms with Gasteiger partial charge in [0.2, 0.25) is 0 Å². The fourth-order valence-corrected chi connectivity index (χ4v) is 2.55. The van der Waals surface area contributed by atoms with E-state index >= 15 is 0 Å². The van der Waals surface area contributed by atoms with Crippen molar-refractivity contribution in [2.45, 2.75) is 25.0 Å². The molecule has 2 aromatic rings. The maximum absolute atomic E-state index is 10.3. The van der Waals surface area contributed by atoms with Gasteiger partial charge in [-0.15, -0.1) is 0 Å². The first-order valence-corrected chi connectivity index (χ1v) is 7.91. The molecular weight excluding hydrogens is 298 g/mol. The van der Waals surface area contributed by atoms with Crippen molar-refractivity contribution in [3.8, 4) is 0 Å². The van der Waals surface area contributed by atoms with E-state index in [1.807, 2.05) is 30.3 Å². The highest BCUT2D eigenvalue weighted by atomic mass is 35.5. The standard InChI is InChI=1S/C18H22ClNO2/c19-16-10-8-15(9-11-16)18(22)13-20-17(7-4-12-21)14-5-2-1-3-6-14/h1-3,5-6,8-11,17-18,20-22H,4,7,12-13H2. The molecule has 22 heavy (non-hydrogen) atoms. The van der Waals surface area contributed by atoms with Gasteiger partial charge in [0.05, 0.1) is 6.10 Å². The number of hydrogen-bond acceptors (Lipinski definition) is 3. The van der Waals surface area contributed by atoms with Crippen LogP contribution in [-0.2, 0) is 0 Å². The highest BCUT2D eigenvalue weighted by molar-refractivity contribution is 6.30. The van der Waals surface area contributed by atoms with Gasteiger partial charge < -0.3 is 15.5 Å². The monoisotopic (exact) mass is 319 g/mol. The van der Waals surface area contributed by atoms with Gasteiger partial charge in [-0.3, -0.25) is 0 Å². The van der Waals surface area contributed by atoms with Crippen molar-refractivity contribution in [2.24, 2.45) is 0 Å². The van der Waals surface area contributed by atoms with Crippen LogP contribution in [0.2, 0.25) is 5.02 Å². The first kappa shape index (κ1) is 17.0. The van der Waals surface area contributed by atoms with E-state index in [-0.39, 0.29) is 12.6 Å². The Hall–Kier alpha value is -1.39. The van der Waals surface area contributed by atoms with Crippen LogP contribution in [0.1, 0.15) is 36.1 Å². The zero-order valence-corrected chi connectivity index (χ0v) is 13.2. The second-order valence-electron chi connectivity index (χ2n) is 5.30. The van der Waals surface area contributed by atoms with Gasteiger partial charge in [-0.25, -0.2) is 0 Å². The smallest absolute Gasteiger partial charge is 0.0914 e. The molecule has 2 unspecified atom stereocenters. The Morgan fingerprint density at radius 2 is 1.64 bits per heavy atom. The summed E-state index contributed by atoms with van der Waals surface area (Å²) >= 11 is 5.86. The highest BCUT2D eigenvalue weighted by Crippen LogP contribution is 2.20. The Bertz CT molecular complexity index is 545. The molecule has 0 aliphatic rings. The van der Waals surface area contributed by atoms with Crippen molar-refractivity contribution >= 4 is 11.6 Å². The van der Waals surface area contributed by atoms with Crippen molar-refractivity contribution in [3.63, 3.8) is 0 Å². The van der Waals surface area contributed by atoms with Gasteiger partial charge in [0.25, 0.3) is 0 Å². The molecule has 0 bridgehead atoms. The van der Waals surface area contributed by atoms with Crippen LogP contribution in [0, 0.1) is 0 Å². The van der Waals surface area contributed by atoms with E-state index < -0.39 is 6.10 Å². The molecule has 4 heteroatoms. The molecule has 0 heterocycles. The van der Waals surface area contributed by atoms with E-state index in [0.29, 0.717) is 11.6 Å². The number of benzene rings is 2. The van der Waals surface area contributed by atoms with Crippen LogP contribution in [0.15, 0.2) is 54.6 Å². The summed E-state index contributed by atoms with van der Waals surface area (Å²) in [5, 5.41) is 23.4. The van der Waals surface area contributed by atoms with Crippen molar-refractivity contribution in [3.05, 3.63) is 70.7 Å². The van der Waals surface area contributed by atoms with Gasteiger partial charge in [0.15, 0.2) is 0 Å². The minimum atomic E-state index is -0.586. The second-order valence-corrected chi connectivity index (χ2v) is 5.74. The summed E-state index contributed by atoms with van der Waals surface area (Å²) in [6, 6.07) is 17.4. The molecule has 0 aliphatic carbocycles. The molecule has 3 nitrogen and oxygen atoms in total. The maximum atomic E-state index is 10.3. The van der Waals surface area contributed by atoms with E-state index in [1.54, 1.807) is 12.1 Å². The first-order chi connectivity index (χ1) is 10.7. The van der Waals surface area contributed by atoms with E-state index in [2.05, 4.69) is 17.4 Å². The lowest BCUT2D eigenvalue weighted by molar-refractivity contribution is 0.167. The third-order valence-electron chi connectivity index (χ3n) is 3.67. The Labute approximate surface area is 136 Å². The quantitative estimate of drug-likeness (QED) is 0.698. The third-order valence-corrected chi connectivity index (χ3v) is 3.92. The van der Waals surface area contributed by atoms with E-state index in [9.17, 15) is 5.11 Å².